The van der Waals surface area contributed by atoms with E-state index in [-0.39, 0.29) is 30.9 Å². The van der Waals surface area contributed by atoms with Gasteiger partial charge in [-0.05, 0) is 85.7 Å². The number of ether oxygens (including phenoxy) is 5. The van der Waals surface area contributed by atoms with Gasteiger partial charge in [0.25, 0.3) is 5.67 Å². The number of nitrogens with two attached hydrogens (primary N) is 1. The van der Waals surface area contributed by atoms with Gasteiger partial charge in [0.1, 0.15) is 17.2 Å². The molecule has 61 heavy (non-hydrogen) atoms. The third-order valence-corrected chi connectivity index (χ3v) is 14.6. The second-order valence-corrected chi connectivity index (χ2v) is 19.3. The Balaban J connectivity index is 1.50. The van der Waals surface area contributed by atoms with E-state index >= 15 is 4.39 Å². The number of ketones is 1. The van der Waals surface area contributed by atoms with Crippen LogP contribution in [0.5, 0.6) is 0 Å². The van der Waals surface area contributed by atoms with Crippen molar-refractivity contribution in [2.75, 3.05) is 34.3 Å². The molecule has 0 bridgehead atoms. The summed E-state index contributed by atoms with van der Waals surface area (Å²) in [6.07, 6.45) is -1.42. The van der Waals surface area contributed by atoms with Crippen LogP contribution in [0.25, 0.3) is 10.6 Å². The van der Waals surface area contributed by atoms with Crippen LogP contribution in [0.1, 0.15) is 92.9 Å². The number of cyclic esters (lactones) is 1. The summed E-state index contributed by atoms with van der Waals surface area (Å²) in [7, 11) is 5.18. The lowest BCUT2D eigenvalue weighted by atomic mass is 9.72. The number of aliphatic hydroxyl groups is 1. The second kappa shape index (κ2) is 19.7. The minimum Gasteiger partial charge on any atom is -0.455 e. The zero-order valence-electron chi connectivity index (χ0n) is 38.1. The van der Waals surface area contributed by atoms with Gasteiger partial charge in [0.15, 0.2) is 17.7 Å². The van der Waals surface area contributed by atoms with Crippen LogP contribution >= 0.6 is 11.3 Å². The first-order valence-electron chi connectivity index (χ1n) is 21.8. The van der Waals surface area contributed by atoms with Crippen molar-refractivity contribution in [3.63, 3.8) is 0 Å². The molecule has 0 aliphatic carbocycles. The number of carbonyl (C=O) groups is 3. The average molecular weight is 876 g/mol. The molecule has 0 spiro atoms. The maximum absolute atomic E-state index is 17.0. The van der Waals surface area contributed by atoms with E-state index in [9.17, 15) is 19.5 Å². The molecular weight excluding hydrogens is 806 g/mol. The zero-order valence-corrected chi connectivity index (χ0v) is 38.9. The molecule has 5 rings (SSSR count). The Kier molecular flexibility index (Phi) is 15.8. The Hall–Kier alpha value is -3.09. The molecule has 1 amide bonds. The molecular formula is C45H70FN5O9S. The summed E-state index contributed by atoms with van der Waals surface area (Å²) in [5.74, 6) is -4.62. The summed E-state index contributed by atoms with van der Waals surface area (Å²) in [6.45, 7) is 16.3. The predicted molar refractivity (Wildman–Crippen MR) is 231 cm³/mol. The first-order chi connectivity index (χ1) is 28.6. The molecule has 16 heteroatoms. The number of alkyl halides is 1. The van der Waals surface area contributed by atoms with Crippen LogP contribution in [0.2, 0.25) is 0 Å². The van der Waals surface area contributed by atoms with Gasteiger partial charge in [0.2, 0.25) is 0 Å². The third kappa shape index (κ3) is 10.0. The number of methoxy groups -OCH3 is 1. The van der Waals surface area contributed by atoms with Gasteiger partial charge in [0.05, 0.1) is 23.9 Å². The second-order valence-electron chi connectivity index (χ2n) is 18.2. The fourth-order valence-corrected chi connectivity index (χ4v) is 10.8. The minimum absolute atomic E-state index is 0.147. The van der Waals surface area contributed by atoms with Crippen molar-refractivity contribution in [2.24, 2.45) is 23.5 Å². The number of amides is 1. The molecule has 0 radical (unpaired) electrons. The molecule has 0 saturated carbocycles. The number of aliphatic hydroxyl groups excluding tert-OH is 1. The lowest BCUT2D eigenvalue weighted by Gasteiger charge is -2.48. The van der Waals surface area contributed by atoms with Crippen molar-refractivity contribution in [1.82, 2.24) is 19.9 Å². The Labute approximate surface area is 365 Å². The lowest BCUT2D eigenvalue weighted by Crippen LogP contribution is -2.64. The highest BCUT2D eigenvalue weighted by molar-refractivity contribution is 7.15. The van der Waals surface area contributed by atoms with Gasteiger partial charge in [-0.1, -0.05) is 65.0 Å². The van der Waals surface area contributed by atoms with Crippen molar-refractivity contribution in [1.29, 1.82) is 0 Å². The van der Waals surface area contributed by atoms with E-state index in [1.165, 1.54) is 14.0 Å². The number of benzene rings is 1. The van der Waals surface area contributed by atoms with Gasteiger partial charge in [-0.2, -0.15) is 0 Å². The number of halogens is 1. The molecule has 1 aromatic carbocycles. The number of likely N-dealkylation sites (N-methyl/N-ethyl adjacent to an activating group) is 1. The Morgan fingerprint density at radius 3 is 2.36 bits per heavy atom. The molecule has 3 fully saturated rings. The Morgan fingerprint density at radius 2 is 1.75 bits per heavy atom. The topological polar surface area (TPSA) is 166 Å². The molecule has 3 aliphatic heterocycles. The van der Waals surface area contributed by atoms with Gasteiger partial charge in [-0.15, -0.1) is 11.3 Å². The van der Waals surface area contributed by atoms with E-state index < -0.39 is 83.2 Å². The molecule has 342 valence electrons. The quantitative estimate of drug-likeness (QED) is 0.188. The monoisotopic (exact) mass is 875 g/mol. The van der Waals surface area contributed by atoms with Crippen LogP contribution in [0.4, 0.5) is 9.18 Å². The van der Waals surface area contributed by atoms with Crippen LogP contribution in [-0.4, -0.2) is 143 Å². The minimum atomic E-state index is -3.15. The molecule has 3 aliphatic rings. The van der Waals surface area contributed by atoms with E-state index in [4.69, 9.17) is 29.4 Å². The van der Waals surface area contributed by atoms with Crippen LogP contribution in [-0.2, 0) is 39.7 Å². The number of aryl methyl sites for hydroxylation is 1. The van der Waals surface area contributed by atoms with Crippen molar-refractivity contribution in [3.8, 4) is 10.6 Å². The highest BCUT2D eigenvalue weighted by Gasteiger charge is 2.62. The Morgan fingerprint density at radius 1 is 1.08 bits per heavy atom. The van der Waals surface area contributed by atoms with Gasteiger partial charge in [0, 0.05) is 54.8 Å². The number of hydrogen-bond donors (Lipinski definition) is 2. The van der Waals surface area contributed by atoms with Crippen LogP contribution < -0.4 is 5.73 Å². The molecule has 14 atom stereocenters. The highest BCUT2D eigenvalue weighted by Crippen LogP contribution is 2.45. The van der Waals surface area contributed by atoms with E-state index in [1.54, 1.807) is 37.1 Å². The summed E-state index contributed by atoms with van der Waals surface area (Å²) in [5.41, 5.74) is 2.35. The molecule has 3 saturated heterocycles. The number of nitrogens with zero attached hydrogens (tertiary/aromatic N) is 4. The maximum Gasteiger partial charge on any atom is 0.425 e. The van der Waals surface area contributed by atoms with Crippen LogP contribution in [0.3, 0.4) is 0 Å². The first-order valence-corrected chi connectivity index (χ1v) is 22.6. The van der Waals surface area contributed by atoms with Gasteiger partial charge in [-0.3, -0.25) is 4.79 Å². The van der Waals surface area contributed by atoms with Crippen molar-refractivity contribution in [2.45, 2.75) is 160 Å². The summed E-state index contributed by atoms with van der Waals surface area (Å²) in [5, 5.41) is 16.0. The van der Waals surface area contributed by atoms with Crippen molar-refractivity contribution < 1.29 is 47.6 Å². The van der Waals surface area contributed by atoms with Gasteiger partial charge in [-0.25, -0.2) is 29.0 Å². The SMILES string of the molecule is CC[C@@H]1OC(=O)C(C)(F)C(=O)[C@H](C)[C@@H](O[C@@H]2O[C@H](C)C[C@H](N(C)C)[C@H]2O)[C@@](C)(OC)C[C@@H](C)C(N)[C@@H](C)[C@H]2N(N(CC)CCCc3cnc(-c4ccccc4)s3)C(=O)O[C@]12C. The zero-order chi connectivity index (χ0) is 45.2. The summed E-state index contributed by atoms with van der Waals surface area (Å²) >= 11 is 1.63. The van der Waals surface area contributed by atoms with E-state index in [2.05, 4.69) is 4.98 Å². The lowest BCUT2D eigenvalue weighted by molar-refractivity contribution is -0.296. The number of Topliss-reactive ketones (excluding diaryl/α,β-unsaturated/α-hetero) is 1. The number of hydrazine groups is 1. The largest absolute Gasteiger partial charge is 0.455 e. The molecule has 2 unspecified atom stereocenters. The smallest absolute Gasteiger partial charge is 0.425 e. The number of hydrogen-bond acceptors (Lipinski definition) is 14. The van der Waals surface area contributed by atoms with E-state index in [0.29, 0.717) is 25.9 Å². The standard InChI is InChI=1S/C45H70FN5O9S/c1-13-33-45(9)36(51(42(55)60-45)50(14-2)22-18-21-31-25-48-39(61-31)30-19-16-15-17-20-30)28(5)34(47)26(3)24-43(7,56-12)38(29(6)37(53)44(8,46)41(54)58-33)59-40-35(52)32(49(10)11)23-27(4)57-40/h15-17,19-20,25-29,32-36,38,40,52H,13-14,18,21-24,47H2,1-12H3/t26-,27-,28-,29+,32+,33+,34?,35-,36-,38-,40+,43+,44?,45-/m1/s1. The molecule has 4 heterocycles. The molecule has 2 aromatic rings. The van der Waals surface area contributed by atoms with E-state index in [1.807, 2.05) is 88.2 Å². The fraction of sp³-hybridized carbons (Fsp3) is 0.733. The van der Waals surface area contributed by atoms with Gasteiger partial charge >= 0.3 is 12.1 Å². The maximum atomic E-state index is 17.0. The van der Waals surface area contributed by atoms with Gasteiger partial charge < -0.3 is 39.4 Å². The third-order valence-electron chi connectivity index (χ3n) is 13.5. The van der Waals surface area contributed by atoms with Crippen molar-refractivity contribution >= 4 is 29.2 Å². The average Bonchev–Trinajstić information content (AvgIpc) is 3.81. The number of aromatic nitrogens is 1. The van der Waals surface area contributed by atoms with E-state index in [0.717, 1.165) is 28.8 Å². The van der Waals surface area contributed by atoms with Crippen LogP contribution in [0.15, 0.2) is 36.5 Å². The molecule has 1 aromatic heterocycles. The number of esters is 1. The normalized spacial score (nSPS) is 38.0. The summed E-state index contributed by atoms with van der Waals surface area (Å²) in [4.78, 5) is 50.3. The highest BCUT2D eigenvalue weighted by atomic mass is 32.1. The molecule has 14 nitrogen and oxygen atoms in total. The fourth-order valence-electron chi connectivity index (χ4n) is 9.86. The first kappa shape index (κ1) is 48.9. The summed E-state index contributed by atoms with van der Waals surface area (Å²) < 4.78 is 48.2. The number of carbonyl (C=O) groups excluding carboxylic acids is 3. The van der Waals surface area contributed by atoms with Crippen molar-refractivity contribution in [3.05, 3.63) is 41.4 Å². The van der Waals surface area contributed by atoms with Crippen LogP contribution in [0, 0.1) is 17.8 Å². The number of rotatable bonds is 12. The molecule has 3 N–H and O–H groups in total. The predicted octanol–water partition coefficient (Wildman–Crippen LogP) is 6.03. The number of fused-ring (bicyclic) bond motifs is 1. The number of thiazole rings is 1. The Bertz CT molecular complexity index is 1800. The summed E-state index contributed by atoms with van der Waals surface area (Å²) in [6, 6.07) is 8.30.